The Balaban J connectivity index is 1.18. The third-order valence-corrected chi connectivity index (χ3v) is 7.62. The van der Waals surface area contributed by atoms with Gasteiger partial charge >= 0.3 is 11.9 Å². The molecule has 1 amide bonds. The molecule has 0 saturated carbocycles. The van der Waals surface area contributed by atoms with Gasteiger partial charge in [-0.1, -0.05) is 54.6 Å². The molecule has 0 bridgehead atoms. The van der Waals surface area contributed by atoms with Crippen LogP contribution in [0.4, 0.5) is 5.69 Å². The molecule has 6 atom stereocenters. The molecule has 0 radical (unpaired) electrons. The minimum absolute atomic E-state index is 0.242. The van der Waals surface area contributed by atoms with E-state index in [1.54, 1.807) is 36.4 Å². The van der Waals surface area contributed by atoms with Crippen LogP contribution in [0.15, 0.2) is 78.9 Å². The molecule has 3 saturated heterocycles. The molecule has 3 aromatic rings. The molecule has 9 heteroatoms. The maximum Gasteiger partial charge on any atom is 0.367 e. The molecule has 3 aliphatic heterocycles. The van der Waals surface area contributed by atoms with E-state index in [-0.39, 0.29) is 5.91 Å². The van der Waals surface area contributed by atoms with Gasteiger partial charge in [0.2, 0.25) is 0 Å². The van der Waals surface area contributed by atoms with Crippen molar-refractivity contribution in [3.05, 3.63) is 90.0 Å². The van der Waals surface area contributed by atoms with Gasteiger partial charge < -0.3 is 29.0 Å². The van der Waals surface area contributed by atoms with E-state index in [0.29, 0.717) is 23.2 Å². The van der Waals surface area contributed by atoms with E-state index >= 15 is 0 Å². The Morgan fingerprint density at radius 1 is 0.897 bits per heavy atom. The number of ether oxygens (including phenoxy) is 5. The van der Waals surface area contributed by atoms with Crippen molar-refractivity contribution in [2.45, 2.75) is 30.7 Å². The molecule has 0 unspecified atom stereocenters. The van der Waals surface area contributed by atoms with Crippen LogP contribution in [0, 0.1) is 11.8 Å². The second kappa shape index (κ2) is 9.92. The average molecular weight is 530 g/mol. The summed E-state index contributed by atoms with van der Waals surface area (Å²) in [5.74, 6) is -4.52. The summed E-state index contributed by atoms with van der Waals surface area (Å²) in [4.78, 5) is 38.5. The summed E-state index contributed by atoms with van der Waals surface area (Å²) in [7, 11) is 2.65. The number of hydrogen-bond acceptors (Lipinski definition) is 8. The molecule has 200 valence electrons. The minimum Gasteiger partial charge on any atom is -0.465 e. The predicted octanol–water partition coefficient (Wildman–Crippen LogP) is 4.10. The summed E-state index contributed by atoms with van der Waals surface area (Å²) in [5.41, 5.74) is 3.93. The second-order valence-electron chi connectivity index (χ2n) is 9.78. The van der Waals surface area contributed by atoms with Crippen LogP contribution < -0.4 is 5.32 Å². The number of amides is 1. The lowest BCUT2D eigenvalue weighted by Crippen LogP contribution is -2.54. The molecule has 3 aliphatic rings. The molecule has 0 aromatic heterocycles. The summed E-state index contributed by atoms with van der Waals surface area (Å²) in [6.45, 7) is 0. The normalized spacial score (nSPS) is 28.9. The van der Waals surface area contributed by atoms with Crippen LogP contribution in [0.3, 0.4) is 0 Å². The van der Waals surface area contributed by atoms with Gasteiger partial charge in [0.25, 0.3) is 11.7 Å². The monoisotopic (exact) mass is 529 g/mol. The van der Waals surface area contributed by atoms with Crippen molar-refractivity contribution in [1.29, 1.82) is 0 Å². The van der Waals surface area contributed by atoms with Crippen molar-refractivity contribution < 1.29 is 38.1 Å². The maximum atomic E-state index is 12.9. The van der Waals surface area contributed by atoms with E-state index in [1.165, 1.54) is 14.2 Å². The Morgan fingerprint density at radius 2 is 1.59 bits per heavy atom. The molecule has 3 fully saturated rings. The molecule has 39 heavy (non-hydrogen) atoms. The van der Waals surface area contributed by atoms with Gasteiger partial charge in [-0.25, -0.2) is 4.79 Å². The Morgan fingerprint density at radius 3 is 2.26 bits per heavy atom. The highest BCUT2D eigenvalue weighted by Crippen LogP contribution is 2.56. The summed E-state index contributed by atoms with van der Waals surface area (Å²) in [5, 5.41) is 2.90. The predicted molar refractivity (Wildman–Crippen MR) is 138 cm³/mol. The number of methoxy groups -OCH3 is 2. The zero-order valence-corrected chi connectivity index (χ0v) is 21.4. The molecule has 0 spiro atoms. The van der Waals surface area contributed by atoms with Crippen LogP contribution in [-0.2, 0) is 33.3 Å². The Hall–Kier alpha value is -4.05. The minimum atomic E-state index is -1.82. The number of carbonyl (C=O) groups excluding carboxylic acids is 3. The first-order chi connectivity index (χ1) is 18.9. The standard InChI is InChI=1S/C30H27NO8/c1-35-28-25-24-22(27(33)37-25)16-23(38-30(24,39-28)29(34)36-2)19-12-14-21(15-13-19)31-26(32)20-10-8-18(9-11-20)17-6-4-3-5-7-17/h3-15,22-25,28H,16H2,1-2H3,(H,31,32)/t22-,23-,24+,25-,28-,30+/m1/s1. The van der Waals surface area contributed by atoms with Gasteiger partial charge in [0.15, 0.2) is 12.4 Å². The van der Waals surface area contributed by atoms with Gasteiger partial charge in [-0.2, -0.15) is 0 Å². The summed E-state index contributed by atoms with van der Waals surface area (Å²) in [6.07, 6.45) is -2.05. The van der Waals surface area contributed by atoms with Crippen LogP contribution in [0.25, 0.3) is 11.1 Å². The van der Waals surface area contributed by atoms with Gasteiger partial charge in [-0.05, 0) is 47.4 Å². The highest BCUT2D eigenvalue weighted by atomic mass is 16.8. The van der Waals surface area contributed by atoms with Crippen LogP contribution in [0.1, 0.15) is 28.4 Å². The Bertz CT molecular complexity index is 1390. The number of nitrogens with one attached hydrogen (secondary N) is 1. The van der Waals surface area contributed by atoms with Gasteiger partial charge in [-0.15, -0.1) is 0 Å². The fraction of sp³-hybridized carbons (Fsp3) is 0.300. The summed E-state index contributed by atoms with van der Waals surface area (Å²) >= 11 is 0. The topological polar surface area (TPSA) is 109 Å². The zero-order chi connectivity index (χ0) is 27.1. The van der Waals surface area contributed by atoms with E-state index in [0.717, 1.165) is 11.1 Å². The van der Waals surface area contributed by atoms with E-state index in [4.69, 9.17) is 23.7 Å². The quantitative estimate of drug-likeness (QED) is 0.476. The number of benzene rings is 3. The van der Waals surface area contributed by atoms with Gasteiger partial charge in [0.1, 0.15) is 0 Å². The highest BCUT2D eigenvalue weighted by Gasteiger charge is 2.73. The number of carbonyl (C=O) groups is 3. The summed E-state index contributed by atoms with van der Waals surface area (Å²) < 4.78 is 28.0. The molecule has 0 aliphatic carbocycles. The molecule has 6 rings (SSSR count). The van der Waals surface area contributed by atoms with Gasteiger partial charge in [-0.3, -0.25) is 9.59 Å². The molecule has 3 heterocycles. The summed E-state index contributed by atoms with van der Waals surface area (Å²) in [6, 6.07) is 24.4. The third-order valence-electron chi connectivity index (χ3n) is 7.62. The van der Waals surface area contributed by atoms with Gasteiger partial charge in [0, 0.05) is 18.4 Å². The lowest BCUT2D eigenvalue weighted by atomic mass is 9.77. The second-order valence-corrected chi connectivity index (χ2v) is 9.78. The maximum absolute atomic E-state index is 12.9. The first-order valence-electron chi connectivity index (χ1n) is 12.7. The van der Waals surface area contributed by atoms with Crippen LogP contribution in [-0.4, -0.2) is 50.2 Å². The number of rotatable bonds is 6. The molecule has 3 aromatic carbocycles. The zero-order valence-electron chi connectivity index (χ0n) is 21.4. The fourth-order valence-electron chi connectivity index (χ4n) is 5.72. The molecule has 1 N–H and O–H groups in total. The van der Waals surface area contributed by atoms with Crippen molar-refractivity contribution in [3.63, 3.8) is 0 Å². The van der Waals surface area contributed by atoms with E-state index in [2.05, 4.69) is 5.32 Å². The molecular weight excluding hydrogens is 502 g/mol. The Kier molecular flexibility index (Phi) is 6.42. The molecule has 9 nitrogen and oxygen atoms in total. The smallest absolute Gasteiger partial charge is 0.367 e. The highest BCUT2D eigenvalue weighted by molar-refractivity contribution is 6.04. The lowest BCUT2D eigenvalue weighted by molar-refractivity contribution is -0.311. The van der Waals surface area contributed by atoms with Crippen molar-refractivity contribution >= 4 is 23.5 Å². The van der Waals surface area contributed by atoms with Crippen LogP contribution in [0.5, 0.6) is 0 Å². The van der Waals surface area contributed by atoms with E-state index in [1.807, 2.05) is 42.5 Å². The van der Waals surface area contributed by atoms with Crippen molar-refractivity contribution in [1.82, 2.24) is 0 Å². The van der Waals surface area contributed by atoms with Crippen molar-refractivity contribution in [3.8, 4) is 11.1 Å². The first-order valence-corrected chi connectivity index (χ1v) is 12.7. The number of hydrogen-bond donors (Lipinski definition) is 1. The number of anilines is 1. The van der Waals surface area contributed by atoms with Crippen LogP contribution in [0.2, 0.25) is 0 Å². The van der Waals surface area contributed by atoms with E-state index < -0.39 is 48.1 Å². The Labute approximate surface area is 225 Å². The number of esters is 2. The average Bonchev–Trinajstić information content (AvgIpc) is 3.49. The first kappa shape index (κ1) is 25.2. The van der Waals surface area contributed by atoms with E-state index in [9.17, 15) is 14.4 Å². The largest absolute Gasteiger partial charge is 0.465 e. The molecular formula is C30H27NO8. The van der Waals surface area contributed by atoms with Gasteiger partial charge in [0.05, 0.1) is 25.0 Å². The third kappa shape index (κ3) is 4.28. The SMILES string of the molecule is COC(=O)[C@]12O[C@@H](OC)[C@@H]3OC(=O)[C@H](C[C@H](c4ccc(NC(=O)c5ccc(-c6ccccc6)cc5)cc4)O1)[C@@H]32. The van der Waals surface area contributed by atoms with Crippen LogP contribution >= 0.6 is 0 Å². The van der Waals surface area contributed by atoms with Crippen molar-refractivity contribution in [2.24, 2.45) is 11.8 Å². The lowest BCUT2D eigenvalue weighted by Gasteiger charge is -2.40. The fourth-order valence-corrected chi connectivity index (χ4v) is 5.72. The van der Waals surface area contributed by atoms with Crippen molar-refractivity contribution in [2.75, 3.05) is 19.5 Å².